The van der Waals surface area contributed by atoms with Crippen molar-refractivity contribution in [2.24, 2.45) is 10.4 Å². The number of carbonyl (C=O) groups is 6. The van der Waals surface area contributed by atoms with E-state index in [-0.39, 0.29) is 18.8 Å². The number of benzene rings is 2. The van der Waals surface area contributed by atoms with E-state index >= 15 is 0 Å². The van der Waals surface area contributed by atoms with E-state index in [4.69, 9.17) is 23.7 Å². The van der Waals surface area contributed by atoms with E-state index < -0.39 is 59.6 Å². The van der Waals surface area contributed by atoms with Gasteiger partial charge in [0.2, 0.25) is 0 Å². The van der Waals surface area contributed by atoms with Crippen LogP contribution in [0.4, 0.5) is 0 Å². The second kappa shape index (κ2) is 18.3. The van der Waals surface area contributed by atoms with Crippen molar-refractivity contribution in [3.8, 4) is 5.75 Å². The van der Waals surface area contributed by atoms with Crippen LogP contribution in [0.1, 0.15) is 101 Å². The lowest BCUT2D eigenvalue weighted by Gasteiger charge is -2.40. The Morgan fingerprint density at radius 3 is 2.22 bits per heavy atom. The topological polar surface area (TPSA) is 161 Å². The van der Waals surface area contributed by atoms with Crippen LogP contribution in [0.3, 0.4) is 0 Å². The fraction of sp³-hybridized carbons (Fsp3) is 0.462. The van der Waals surface area contributed by atoms with Gasteiger partial charge < -0.3 is 23.7 Å². The van der Waals surface area contributed by atoms with Gasteiger partial charge in [0.25, 0.3) is 5.91 Å². The predicted molar refractivity (Wildman–Crippen MR) is 188 cm³/mol. The summed E-state index contributed by atoms with van der Waals surface area (Å²) < 4.78 is 28.5. The van der Waals surface area contributed by atoms with Crippen molar-refractivity contribution in [2.75, 3.05) is 6.61 Å². The second-order valence-electron chi connectivity index (χ2n) is 13.1. The van der Waals surface area contributed by atoms with E-state index in [0.717, 1.165) is 40.5 Å². The molecule has 2 aromatic rings. The van der Waals surface area contributed by atoms with E-state index in [2.05, 4.69) is 11.9 Å². The highest BCUT2D eigenvalue weighted by molar-refractivity contribution is 6.16. The van der Waals surface area contributed by atoms with Crippen LogP contribution < -0.4 is 4.74 Å². The summed E-state index contributed by atoms with van der Waals surface area (Å²) in [7, 11) is 0. The lowest BCUT2D eigenvalue weighted by molar-refractivity contribution is -0.216. The standard InChI is InChI=1S/C39H47NO11/c1-9-10-30-20-33(48-25(4)43)32(34-21-35(49-26(5)44)37(50-27(6)45)36(51-34)22-47-24(3)42)19-31(30)18-29-12-11-28(17-23(29)2)13-14-39(7,8)38(46)40-15-16-41/h11-17,19-20,34-37H,9-10,18,21-22H2,1-8H3/b14-13+,40-15?/t34-,35?,36?,37+/m1/s1. The van der Waals surface area contributed by atoms with Gasteiger partial charge in [-0.25, -0.2) is 4.99 Å². The molecule has 0 aliphatic carbocycles. The van der Waals surface area contributed by atoms with E-state index in [1.807, 2.05) is 43.3 Å². The van der Waals surface area contributed by atoms with E-state index in [9.17, 15) is 28.8 Å². The number of nitrogens with zero attached hydrogens (tertiary/aromatic N) is 1. The van der Waals surface area contributed by atoms with Crippen molar-refractivity contribution in [3.63, 3.8) is 0 Å². The molecule has 1 aliphatic rings. The molecule has 0 spiro atoms. The first-order valence-corrected chi connectivity index (χ1v) is 16.8. The highest BCUT2D eigenvalue weighted by Gasteiger charge is 2.45. The molecular weight excluding hydrogens is 658 g/mol. The molecule has 274 valence electrons. The Labute approximate surface area is 298 Å². The summed E-state index contributed by atoms with van der Waals surface area (Å²) in [5, 5.41) is 0. The third-order valence-corrected chi connectivity index (χ3v) is 8.28. The van der Waals surface area contributed by atoms with Gasteiger partial charge in [0.15, 0.2) is 12.4 Å². The van der Waals surface area contributed by atoms with Gasteiger partial charge in [-0.3, -0.25) is 28.8 Å². The number of aliphatic imine (C=N–C) groups is 1. The zero-order chi connectivity index (χ0) is 37.9. The fourth-order valence-electron chi connectivity index (χ4n) is 5.85. The number of ether oxygens (including phenoxy) is 5. The summed E-state index contributed by atoms with van der Waals surface area (Å²) >= 11 is 0. The minimum absolute atomic E-state index is 0.0638. The molecule has 1 aliphatic heterocycles. The molecule has 3 rings (SSSR count). The number of aryl methyl sites for hydroxylation is 2. The van der Waals surface area contributed by atoms with Gasteiger partial charge in [0.1, 0.15) is 24.6 Å². The molecule has 0 bridgehead atoms. The molecule has 1 saturated heterocycles. The molecule has 1 amide bonds. The molecule has 2 unspecified atom stereocenters. The van der Waals surface area contributed by atoms with Gasteiger partial charge in [-0.15, -0.1) is 0 Å². The largest absolute Gasteiger partial charge is 0.463 e. The van der Waals surface area contributed by atoms with Crippen LogP contribution in [0.15, 0.2) is 41.4 Å². The van der Waals surface area contributed by atoms with Gasteiger partial charge in [-0.2, -0.15) is 0 Å². The number of esters is 4. The molecule has 1 heterocycles. The molecule has 12 heteroatoms. The number of amides is 1. The van der Waals surface area contributed by atoms with Crippen molar-refractivity contribution in [3.05, 3.63) is 69.8 Å². The first-order valence-electron chi connectivity index (χ1n) is 16.8. The van der Waals surface area contributed by atoms with Gasteiger partial charge in [0.05, 0.1) is 17.7 Å². The maximum Gasteiger partial charge on any atom is 0.308 e. The fourth-order valence-corrected chi connectivity index (χ4v) is 5.85. The highest BCUT2D eigenvalue weighted by atomic mass is 16.6. The Morgan fingerprint density at radius 2 is 1.63 bits per heavy atom. The average Bonchev–Trinajstić information content (AvgIpc) is 3.04. The van der Waals surface area contributed by atoms with Gasteiger partial charge in [-0.05, 0) is 73.6 Å². The molecular formula is C39H47NO11. The molecule has 0 radical (unpaired) electrons. The number of aldehydes is 1. The zero-order valence-corrected chi connectivity index (χ0v) is 30.5. The average molecular weight is 706 g/mol. The Bertz CT molecular complexity index is 1690. The van der Waals surface area contributed by atoms with Crippen LogP contribution in [-0.4, -0.2) is 67.2 Å². The predicted octanol–water partition coefficient (Wildman–Crippen LogP) is 5.56. The van der Waals surface area contributed by atoms with Crippen LogP contribution in [-0.2, 0) is 60.6 Å². The first-order chi connectivity index (χ1) is 24.0. The Balaban J connectivity index is 2.07. The SMILES string of the molecule is CCCc1cc(OC(C)=O)c([C@H]2CC(OC(C)=O)[C@H](OC(C)=O)C(COC(C)=O)O2)cc1Cc1ccc(/C=C/C(C)(C)C(=O)N=CC=O)cc1C. The third-order valence-electron chi connectivity index (χ3n) is 8.28. The number of carbonyl (C=O) groups excluding carboxylic acids is 6. The van der Waals surface area contributed by atoms with Crippen molar-refractivity contribution in [1.82, 2.24) is 0 Å². The van der Waals surface area contributed by atoms with Crippen LogP contribution in [0.2, 0.25) is 0 Å². The molecule has 12 nitrogen and oxygen atoms in total. The molecule has 4 atom stereocenters. The maximum absolute atomic E-state index is 12.4. The summed E-state index contributed by atoms with van der Waals surface area (Å²) in [5.41, 5.74) is 4.46. The van der Waals surface area contributed by atoms with Crippen molar-refractivity contribution >= 4 is 48.4 Å². The van der Waals surface area contributed by atoms with E-state index in [1.54, 1.807) is 19.9 Å². The Kier molecular flexibility index (Phi) is 14.5. The molecule has 2 aromatic carbocycles. The number of hydrogen-bond acceptors (Lipinski definition) is 11. The quantitative estimate of drug-likeness (QED) is 0.0796. The molecule has 0 N–H and O–H groups in total. The van der Waals surface area contributed by atoms with Crippen molar-refractivity contribution in [2.45, 2.75) is 105 Å². The molecule has 0 saturated carbocycles. The third kappa shape index (κ3) is 11.8. The monoisotopic (exact) mass is 705 g/mol. The molecule has 1 fully saturated rings. The first kappa shape index (κ1) is 40.5. The Hall–Kier alpha value is -4.97. The van der Waals surface area contributed by atoms with Crippen LogP contribution in [0.25, 0.3) is 6.08 Å². The highest BCUT2D eigenvalue weighted by Crippen LogP contribution is 2.41. The summed E-state index contributed by atoms with van der Waals surface area (Å²) in [6.45, 7) is 12.2. The zero-order valence-electron chi connectivity index (χ0n) is 30.5. The van der Waals surface area contributed by atoms with Crippen LogP contribution in [0, 0.1) is 12.3 Å². The lowest BCUT2D eigenvalue weighted by atomic mass is 9.88. The summed E-state index contributed by atoms with van der Waals surface area (Å²) in [4.78, 5) is 74.9. The van der Waals surface area contributed by atoms with Gasteiger partial charge >= 0.3 is 23.9 Å². The van der Waals surface area contributed by atoms with E-state index in [0.29, 0.717) is 24.7 Å². The van der Waals surface area contributed by atoms with Gasteiger partial charge in [0, 0.05) is 39.7 Å². The minimum atomic E-state index is -1.05. The molecule has 51 heavy (non-hydrogen) atoms. The van der Waals surface area contributed by atoms with Crippen LogP contribution >= 0.6 is 0 Å². The van der Waals surface area contributed by atoms with Gasteiger partial charge in [-0.1, -0.05) is 43.7 Å². The second-order valence-corrected chi connectivity index (χ2v) is 13.1. The summed E-state index contributed by atoms with van der Waals surface area (Å²) in [6, 6.07) is 9.73. The number of rotatable bonds is 14. The smallest absolute Gasteiger partial charge is 0.308 e. The molecule has 0 aromatic heterocycles. The maximum atomic E-state index is 12.4. The summed E-state index contributed by atoms with van der Waals surface area (Å²) in [6.07, 6.45) is 3.30. The number of hydrogen-bond donors (Lipinski definition) is 0. The summed E-state index contributed by atoms with van der Waals surface area (Å²) in [5.74, 6) is -2.49. The van der Waals surface area contributed by atoms with Crippen molar-refractivity contribution < 1.29 is 52.5 Å². The van der Waals surface area contributed by atoms with E-state index in [1.165, 1.54) is 27.7 Å². The van der Waals surface area contributed by atoms with Crippen LogP contribution in [0.5, 0.6) is 5.75 Å². The lowest BCUT2D eigenvalue weighted by Crippen LogP contribution is -2.51. The normalized spacial score (nSPS) is 19.1. The minimum Gasteiger partial charge on any atom is -0.463 e. The Morgan fingerprint density at radius 1 is 0.922 bits per heavy atom. The van der Waals surface area contributed by atoms with Crippen molar-refractivity contribution in [1.29, 1.82) is 0 Å².